The van der Waals surface area contributed by atoms with Crippen LogP contribution in [0.25, 0.3) is 0 Å². The fourth-order valence-corrected chi connectivity index (χ4v) is 7.20. The molecule has 286 valence electrons. The van der Waals surface area contributed by atoms with Gasteiger partial charge in [0.05, 0.1) is 36.2 Å². The Bertz CT molecular complexity index is 1190. The van der Waals surface area contributed by atoms with E-state index in [1.807, 2.05) is 6.92 Å². The van der Waals surface area contributed by atoms with Gasteiger partial charge in [0.1, 0.15) is 16.7 Å². The highest BCUT2D eigenvalue weighted by Gasteiger charge is 2.26. The SMILES string of the molecule is CCCCCCCCCCCCCCCCCCOC[C@@H]1C[C@@H](COC(=O)CCCCC[n+]2ccsc2)CO1.Cc1ccc(S(=O)(=O)[O-])cc1. The fraction of sp³-hybridized carbons (Fsp3) is 0.750. The van der Waals surface area contributed by atoms with Gasteiger partial charge in [-0.3, -0.25) is 4.79 Å². The summed E-state index contributed by atoms with van der Waals surface area (Å²) in [4.78, 5) is 11.9. The largest absolute Gasteiger partial charge is 0.744 e. The molecule has 2 atom stereocenters. The Morgan fingerprint density at radius 1 is 0.840 bits per heavy atom. The number of aromatic nitrogens is 1. The van der Waals surface area contributed by atoms with E-state index in [2.05, 4.69) is 28.6 Å². The van der Waals surface area contributed by atoms with Crippen molar-refractivity contribution in [1.82, 2.24) is 0 Å². The molecule has 0 saturated carbocycles. The molecule has 0 radical (unpaired) electrons. The number of carbonyl (C=O) groups is 1. The molecule has 1 fully saturated rings. The molecule has 1 aliphatic heterocycles. The Hall–Kier alpha value is -1.85. The molecule has 1 aromatic heterocycles. The van der Waals surface area contributed by atoms with Crippen LogP contribution >= 0.6 is 11.3 Å². The number of hydrogen-bond acceptors (Lipinski definition) is 8. The molecule has 8 nitrogen and oxygen atoms in total. The van der Waals surface area contributed by atoms with Crippen molar-refractivity contribution in [3.05, 3.63) is 46.9 Å². The van der Waals surface area contributed by atoms with E-state index in [0.717, 1.165) is 50.8 Å². The lowest BCUT2D eigenvalue weighted by molar-refractivity contribution is -0.692. The van der Waals surface area contributed by atoms with Crippen molar-refractivity contribution in [3.63, 3.8) is 0 Å². The maximum absolute atomic E-state index is 12.0. The maximum Gasteiger partial charge on any atom is 0.305 e. The van der Waals surface area contributed by atoms with Crippen LogP contribution in [-0.4, -0.2) is 51.5 Å². The van der Waals surface area contributed by atoms with E-state index >= 15 is 0 Å². The van der Waals surface area contributed by atoms with Crippen LogP contribution in [0, 0.1) is 12.8 Å². The van der Waals surface area contributed by atoms with Crippen molar-refractivity contribution in [2.45, 2.75) is 166 Å². The van der Waals surface area contributed by atoms with E-state index in [1.54, 1.807) is 23.5 Å². The summed E-state index contributed by atoms with van der Waals surface area (Å²) in [5, 5.41) is 2.09. The molecule has 2 heterocycles. The molecule has 3 rings (SSSR count). The lowest BCUT2D eigenvalue weighted by Crippen LogP contribution is -2.29. The molecule has 0 aliphatic carbocycles. The summed E-state index contributed by atoms with van der Waals surface area (Å²) < 4.78 is 50.6. The van der Waals surface area contributed by atoms with Gasteiger partial charge in [0.25, 0.3) is 0 Å². The molecule has 1 aliphatic rings. The third kappa shape index (κ3) is 23.6. The van der Waals surface area contributed by atoms with E-state index in [1.165, 1.54) is 108 Å². The molecule has 0 unspecified atom stereocenters. The smallest absolute Gasteiger partial charge is 0.305 e. The first-order valence-corrected chi connectivity index (χ1v) is 21.9. The van der Waals surface area contributed by atoms with Gasteiger partial charge < -0.3 is 18.8 Å². The fourth-order valence-electron chi connectivity index (χ4n) is 6.10. The van der Waals surface area contributed by atoms with Crippen molar-refractivity contribution in [2.24, 2.45) is 5.92 Å². The zero-order valence-electron chi connectivity index (χ0n) is 31.2. The molecule has 0 N–H and O–H groups in total. The zero-order valence-corrected chi connectivity index (χ0v) is 32.8. The number of unbranched alkanes of at least 4 members (excludes halogenated alkanes) is 17. The molecule has 1 saturated heterocycles. The average Bonchev–Trinajstić information content (AvgIpc) is 3.79. The van der Waals surface area contributed by atoms with Crippen molar-refractivity contribution in [1.29, 1.82) is 0 Å². The number of ether oxygens (including phenoxy) is 3. The van der Waals surface area contributed by atoms with Gasteiger partial charge >= 0.3 is 5.97 Å². The van der Waals surface area contributed by atoms with Gasteiger partial charge in [-0.1, -0.05) is 132 Å². The van der Waals surface area contributed by atoms with Gasteiger partial charge in [-0.25, -0.2) is 8.42 Å². The van der Waals surface area contributed by atoms with Gasteiger partial charge in [-0.15, -0.1) is 0 Å². The zero-order chi connectivity index (χ0) is 36.1. The van der Waals surface area contributed by atoms with Crippen LogP contribution in [-0.2, 0) is 35.7 Å². The van der Waals surface area contributed by atoms with Crippen LogP contribution in [0.1, 0.15) is 147 Å². The van der Waals surface area contributed by atoms with Gasteiger partial charge in [0, 0.05) is 25.4 Å². The quantitative estimate of drug-likeness (QED) is 0.0371. The second kappa shape index (κ2) is 28.7. The summed E-state index contributed by atoms with van der Waals surface area (Å²) in [5.74, 6) is 0.245. The number of hydrogen-bond donors (Lipinski definition) is 0. The Kier molecular flexibility index (Phi) is 25.4. The number of esters is 1. The summed E-state index contributed by atoms with van der Waals surface area (Å²) in [6.07, 6.45) is 29.0. The number of rotatable bonds is 28. The summed E-state index contributed by atoms with van der Waals surface area (Å²) >= 11 is 1.71. The molecule has 0 spiro atoms. The summed E-state index contributed by atoms with van der Waals surface area (Å²) in [6.45, 7) is 7.81. The van der Waals surface area contributed by atoms with Gasteiger partial charge in [-0.05, 0) is 44.7 Å². The van der Waals surface area contributed by atoms with Crippen molar-refractivity contribution in [3.8, 4) is 0 Å². The first kappa shape index (κ1) is 44.3. The van der Waals surface area contributed by atoms with Crippen LogP contribution in [0.15, 0.2) is 46.2 Å². The molecule has 0 bridgehead atoms. The van der Waals surface area contributed by atoms with Gasteiger partial charge in [0.15, 0.2) is 6.20 Å². The highest BCUT2D eigenvalue weighted by molar-refractivity contribution is 7.85. The minimum Gasteiger partial charge on any atom is -0.744 e. The highest BCUT2D eigenvalue weighted by atomic mass is 32.2. The van der Waals surface area contributed by atoms with Crippen LogP contribution in [0.3, 0.4) is 0 Å². The van der Waals surface area contributed by atoms with Crippen LogP contribution in [0.2, 0.25) is 0 Å². The Balaban J connectivity index is 0.000000666. The number of thiazole rings is 1. The molecule has 0 amide bonds. The van der Waals surface area contributed by atoms with E-state index in [-0.39, 0.29) is 17.0 Å². The van der Waals surface area contributed by atoms with Gasteiger partial charge in [0.2, 0.25) is 5.51 Å². The first-order valence-electron chi connectivity index (χ1n) is 19.6. The van der Waals surface area contributed by atoms with E-state index in [4.69, 9.17) is 14.2 Å². The molecule has 10 heteroatoms. The van der Waals surface area contributed by atoms with Crippen molar-refractivity contribution in [2.75, 3.05) is 26.4 Å². The van der Waals surface area contributed by atoms with E-state index in [0.29, 0.717) is 32.2 Å². The number of benzene rings is 1. The third-order valence-corrected chi connectivity index (χ3v) is 10.7. The van der Waals surface area contributed by atoms with Crippen molar-refractivity contribution < 1.29 is 36.5 Å². The number of carbonyl (C=O) groups excluding carboxylic acids is 1. The predicted molar refractivity (Wildman–Crippen MR) is 201 cm³/mol. The van der Waals surface area contributed by atoms with E-state index in [9.17, 15) is 17.8 Å². The molecular weight excluding hydrogens is 671 g/mol. The third-order valence-electron chi connectivity index (χ3n) is 9.22. The molecular formula is C40H67NO7S2. The molecule has 1 aromatic carbocycles. The topological polar surface area (TPSA) is 106 Å². The number of nitrogens with zero attached hydrogens (tertiary/aromatic N) is 1. The standard InChI is InChI=1S/C33H60NO4S.C7H8O3S/c1-2-3-4-5-6-7-8-9-10-11-12-13-14-15-16-20-24-36-29-32-26-31(27-37-32)28-38-33(35)21-18-17-19-22-34-23-25-39-30-34;1-6-2-4-7(5-3-6)11(8,9)10/h23,25,30-32H,2-22,24,26-29H2,1H3;2-5H,1H3,(H,8,9,10)/q+1;/p-1/t31-,32+;/m1./s1. The Morgan fingerprint density at radius 3 is 1.98 bits per heavy atom. The Morgan fingerprint density at radius 2 is 1.42 bits per heavy atom. The Labute approximate surface area is 308 Å². The second-order valence-corrected chi connectivity index (χ2v) is 16.1. The van der Waals surface area contributed by atoms with E-state index < -0.39 is 10.1 Å². The monoisotopic (exact) mass is 737 g/mol. The summed E-state index contributed by atoms with van der Waals surface area (Å²) in [5.41, 5.74) is 3.05. The normalized spacial score (nSPS) is 15.9. The minimum absolute atomic E-state index is 0.0682. The second-order valence-electron chi connectivity index (χ2n) is 14.0. The van der Waals surface area contributed by atoms with Crippen LogP contribution < -0.4 is 4.57 Å². The lowest BCUT2D eigenvalue weighted by Gasteiger charge is -2.11. The predicted octanol–water partition coefficient (Wildman–Crippen LogP) is 9.72. The van der Waals surface area contributed by atoms with Crippen molar-refractivity contribution >= 4 is 27.4 Å². The summed E-state index contributed by atoms with van der Waals surface area (Å²) in [6, 6.07) is 5.78. The average molecular weight is 738 g/mol. The minimum atomic E-state index is -4.27. The highest BCUT2D eigenvalue weighted by Crippen LogP contribution is 2.21. The molecule has 50 heavy (non-hydrogen) atoms. The number of aryl methyl sites for hydroxylation is 2. The molecule has 2 aromatic rings. The maximum atomic E-state index is 12.0. The van der Waals surface area contributed by atoms with Gasteiger partial charge in [-0.2, -0.15) is 4.57 Å². The first-order chi connectivity index (χ1) is 24.3. The van der Waals surface area contributed by atoms with Crippen LogP contribution in [0.5, 0.6) is 0 Å². The summed E-state index contributed by atoms with van der Waals surface area (Å²) in [7, 11) is -4.27. The lowest BCUT2D eigenvalue weighted by atomic mass is 10.0. The van der Waals surface area contributed by atoms with Crippen LogP contribution in [0.4, 0.5) is 0 Å².